The number of esters is 1. The van der Waals surface area contributed by atoms with E-state index in [1.54, 1.807) is 36.9 Å². The lowest BCUT2D eigenvalue weighted by atomic mass is 9.90. The van der Waals surface area contributed by atoms with Crippen molar-refractivity contribution in [2.75, 3.05) is 53.6 Å². The molecule has 0 radical (unpaired) electrons. The van der Waals surface area contributed by atoms with Crippen LogP contribution in [0.15, 0.2) is 23.2 Å². The van der Waals surface area contributed by atoms with Crippen molar-refractivity contribution in [3.63, 3.8) is 0 Å². The molecule has 0 saturated carbocycles. The van der Waals surface area contributed by atoms with E-state index in [1.807, 2.05) is 4.90 Å². The van der Waals surface area contributed by atoms with Gasteiger partial charge in [-0.25, -0.2) is 9.79 Å². The molecule has 2 atom stereocenters. The zero-order chi connectivity index (χ0) is 24.0. The van der Waals surface area contributed by atoms with E-state index in [0.717, 1.165) is 0 Å². The van der Waals surface area contributed by atoms with Crippen LogP contribution in [0.25, 0.3) is 0 Å². The molecule has 0 spiro atoms. The highest BCUT2D eigenvalue weighted by Gasteiger charge is 2.43. The number of aliphatic imine (C=N–C) groups is 1. The fourth-order valence-corrected chi connectivity index (χ4v) is 3.83. The van der Waals surface area contributed by atoms with E-state index < -0.39 is 23.8 Å². The Morgan fingerprint density at radius 3 is 2.36 bits per heavy atom. The molecule has 1 aromatic carbocycles. The average molecular weight is 463 g/mol. The molecular formula is C22H30N4O7. The quantitative estimate of drug-likeness (QED) is 0.495. The number of methoxy groups -OCH3 is 2. The van der Waals surface area contributed by atoms with Gasteiger partial charge in [-0.2, -0.15) is 0 Å². The number of amides is 2. The minimum atomic E-state index is -1.17. The van der Waals surface area contributed by atoms with Gasteiger partial charge in [-0.05, 0) is 26.0 Å². The summed E-state index contributed by atoms with van der Waals surface area (Å²) in [6.07, 6.45) is -0.366. The van der Waals surface area contributed by atoms with Crippen molar-refractivity contribution in [3.8, 4) is 11.5 Å². The van der Waals surface area contributed by atoms with Gasteiger partial charge in [-0.15, -0.1) is 0 Å². The number of benzene rings is 1. The summed E-state index contributed by atoms with van der Waals surface area (Å²) in [7, 11) is 3.04. The highest BCUT2D eigenvalue weighted by molar-refractivity contribution is 6.08. The topological polar surface area (TPSA) is 119 Å². The van der Waals surface area contributed by atoms with E-state index in [0.29, 0.717) is 55.8 Å². The Hall–Kier alpha value is -3.50. The largest absolute Gasteiger partial charge is 0.497 e. The van der Waals surface area contributed by atoms with E-state index in [4.69, 9.17) is 23.9 Å². The zero-order valence-electron chi connectivity index (χ0n) is 19.3. The van der Waals surface area contributed by atoms with Gasteiger partial charge in [0.2, 0.25) is 11.9 Å². The number of rotatable bonds is 6. The number of nitrogens with one attached hydrogen (secondary N) is 1. The van der Waals surface area contributed by atoms with Crippen molar-refractivity contribution in [1.29, 1.82) is 0 Å². The first-order chi connectivity index (χ1) is 15.9. The van der Waals surface area contributed by atoms with Gasteiger partial charge in [-0.1, -0.05) is 0 Å². The van der Waals surface area contributed by atoms with Crippen LogP contribution in [0.4, 0.5) is 4.79 Å². The van der Waals surface area contributed by atoms with Gasteiger partial charge in [0.15, 0.2) is 5.92 Å². The van der Waals surface area contributed by atoms with Gasteiger partial charge >= 0.3 is 12.1 Å². The number of carbonyl (C=O) groups excluding carboxylic acids is 3. The maximum atomic E-state index is 13.1. The summed E-state index contributed by atoms with van der Waals surface area (Å²) in [4.78, 5) is 45.9. The number of piperazine rings is 1. The van der Waals surface area contributed by atoms with Crippen molar-refractivity contribution in [1.82, 2.24) is 15.1 Å². The summed E-state index contributed by atoms with van der Waals surface area (Å²) in [5.41, 5.74) is 0.564. The van der Waals surface area contributed by atoms with Crippen molar-refractivity contribution in [3.05, 3.63) is 23.8 Å². The minimum absolute atomic E-state index is 0.140. The Kier molecular flexibility index (Phi) is 7.96. The van der Waals surface area contributed by atoms with Crippen LogP contribution in [0.5, 0.6) is 11.5 Å². The van der Waals surface area contributed by atoms with Crippen molar-refractivity contribution < 1.29 is 33.3 Å². The summed E-state index contributed by atoms with van der Waals surface area (Å²) in [6.45, 7) is 5.64. The lowest BCUT2D eigenvalue weighted by molar-refractivity contribution is -0.153. The third-order valence-electron chi connectivity index (χ3n) is 5.50. The molecule has 0 bridgehead atoms. The molecule has 1 aromatic rings. The first kappa shape index (κ1) is 24.1. The van der Waals surface area contributed by atoms with Gasteiger partial charge in [-0.3, -0.25) is 14.9 Å². The second-order valence-corrected chi connectivity index (χ2v) is 7.40. The van der Waals surface area contributed by atoms with Crippen LogP contribution >= 0.6 is 0 Å². The van der Waals surface area contributed by atoms with Crippen LogP contribution in [0.3, 0.4) is 0 Å². The zero-order valence-corrected chi connectivity index (χ0v) is 19.3. The van der Waals surface area contributed by atoms with Gasteiger partial charge < -0.3 is 28.7 Å². The van der Waals surface area contributed by atoms with E-state index in [-0.39, 0.29) is 12.7 Å². The number of hydrogen-bond donors (Lipinski definition) is 1. The van der Waals surface area contributed by atoms with Crippen molar-refractivity contribution >= 4 is 23.9 Å². The first-order valence-corrected chi connectivity index (χ1v) is 10.9. The lowest BCUT2D eigenvalue weighted by Gasteiger charge is -2.38. The number of ether oxygens (including phenoxy) is 4. The summed E-state index contributed by atoms with van der Waals surface area (Å²) in [5, 5.41) is 2.74. The highest BCUT2D eigenvalue weighted by Crippen LogP contribution is 2.38. The Morgan fingerprint density at radius 1 is 1.06 bits per heavy atom. The molecule has 0 aliphatic carbocycles. The maximum Gasteiger partial charge on any atom is 0.409 e. The predicted octanol–water partition coefficient (Wildman–Crippen LogP) is 1.18. The van der Waals surface area contributed by atoms with Crippen LogP contribution in [0, 0.1) is 5.92 Å². The molecule has 2 heterocycles. The van der Waals surface area contributed by atoms with Crippen molar-refractivity contribution in [2.24, 2.45) is 10.9 Å². The van der Waals surface area contributed by atoms with Crippen LogP contribution in [0.1, 0.15) is 25.5 Å². The standard InChI is InChI=1S/C22H30N4O7/c1-5-32-20(28)17-18(15-8-7-14(30-3)13-16(15)31-4)23-21(24-19(17)27)25-9-11-26(12-10-25)22(29)33-6-2/h7-8,13,17-18H,5-6,9-12H2,1-4H3,(H,23,24,27)/t17-,18+/m0/s1. The Labute approximate surface area is 192 Å². The fourth-order valence-electron chi connectivity index (χ4n) is 3.83. The molecule has 11 heteroatoms. The molecule has 2 aliphatic heterocycles. The highest BCUT2D eigenvalue weighted by atomic mass is 16.6. The lowest BCUT2D eigenvalue weighted by Crippen LogP contribution is -2.58. The summed E-state index contributed by atoms with van der Waals surface area (Å²) in [5.74, 6) is -0.980. The van der Waals surface area contributed by atoms with Gasteiger partial charge in [0.05, 0.1) is 27.4 Å². The molecule has 11 nitrogen and oxygen atoms in total. The normalized spacial score (nSPS) is 20.5. The number of hydrogen-bond acceptors (Lipinski definition) is 9. The van der Waals surface area contributed by atoms with Crippen molar-refractivity contribution in [2.45, 2.75) is 19.9 Å². The van der Waals surface area contributed by atoms with Gasteiger partial charge in [0.25, 0.3) is 0 Å². The number of guanidine groups is 1. The summed E-state index contributed by atoms with van der Waals surface area (Å²) < 4.78 is 21.0. The fraction of sp³-hybridized carbons (Fsp3) is 0.545. The molecule has 1 N–H and O–H groups in total. The molecule has 0 unspecified atom stereocenters. The maximum absolute atomic E-state index is 13.1. The number of nitrogens with zero attached hydrogens (tertiary/aromatic N) is 3. The Balaban J connectivity index is 1.92. The van der Waals surface area contributed by atoms with E-state index in [9.17, 15) is 14.4 Å². The average Bonchev–Trinajstić information content (AvgIpc) is 2.83. The first-order valence-electron chi connectivity index (χ1n) is 10.9. The van der Waals surface area contributed by atoms with Crippen LogP contribution in [-0.4, -0.2) is 87.3 Å². The van der Waals surface area contributed by atoms with Crippen LogP contribution in [-0.2, 0) is 19.1 Å². The molecule has 0 aromatic heterocycles. The third-order valence-corrected chi connectivity index (χ3v) is 5.50. The monoisotopic (exact) mass is 462 g/mol. The van der Waals surface area contributed by atoms with E-state index in [2.05, 4.69) is 5.32 Å². The molecule has 3 rings (SSSR count). The van der Waals surface area contributed by atoms with Crippen LogP contribution < -0.4 is 14.8 Å². The minimum Gasteiger partial charge on any atom is -0.497 e. The molecular weight excluding hydrogens is 432 g/mol. The molecule has 180 valence electrons. The second-order valence-electron chi connectivity index (χ2n) is 7.40. The SMILES string of the molecule is CCOC(=O)[C@@H]1C(=O)NC(N2CCN(C(=O)OCC)CC2)=N[C@@H]1c1ccc(OC)cc1OC. The predicted molar refractivity (Wildman–Crippen MR) is 118 cm³/mol. The Morgan fingerprint density at radius 2 is 1.76 bits per heavy atom. The molecule has 2 amide bonds. The van der Waals surface area contributed by atoms with Crippen LogP contribution in [0.2, 0.25) is 0 Å². The summed E-state index contributed by atoms with van der Waals surface area (Å²) in [6, 6.07) is 4.28. The van der Waals surface area contributed by atoms with Gasteiger partial charge in [0, 0.05) is 37.8 Å². The molecule has 33 heavy (non-hydrogen) atoms. The summed E-state index contributed by atoms with van der Waals surface area (Å²) >= 11 is 0. The number of carbonyl (C=O) groups is 3. The molecule has 2 aliphatic rings. The molecule has 1 saturated heterocycles. The van der Waals surface area contributed by atoms with E-state index in [1.165, 1.54) is 14.2 Å². The van der Waals surface area contributed by atoms with Gasteiger partial charge in [0.1, 0.15) is 17.5 Å². The Bertz CT molecular complexity index is 912. The van der Waals surface area contributed by atoms with E-state index >= 15 is 0 Å². The second kappa shape index (κ2) is 10.9. The molecule has 1 fully saturated rings. The smallest absolute Gasteiger partial charge is 0.409 e. The third kappa shape index (κ3) is 5.29.